The van der Waals surface area contributed by atoms with Crippen molar-refractivity contribution in [1.29, 1.82) is 5.26 Å². The number of ether oxygens (including phenoxy) is 1. The van der Waals surface area contributed by atoms with Gasteiger partial charge in [-0.3, -0.25) is 9.52 Å². The van der Waals surface area contributed by atoms with Crippen LogP contribution in [0.1, 0.15) is 16.7 Å². The molecule has 0 fully saturated rings. The predicted molar refractivity (Wildman–Crippen MR) is 96.3 cm³/mol. The molecule has 0 aromatic heterocycles. The second-order valence-electron chi connectivity index (χ2n) is 5.19. The fourth-order valence-electron chi connectivity index (χ4n) is 2.26. The molecule has 6 nitrogen and oxygen atoms in total. The first-order valence-electron chi connectivity index (χ1n) is 7.18. The monoisotopic (exact) mass is 422 g/mol. The van der Waals surface area contributed by atoms with Gasteiger partial charge in [-0.2, -0.15) is 5.26 Å². The van der Waals surface area contributed by atoms with E-state index in [4.69, 9.17) is 10.00 Å². The SMILES string of the molecule is COc1ccc(Br)cc1CC(=O)NS(=O)(=O)Cc1ccccc1C#N. The molecule has 0 spiro atoms. The number of benzene rings is 2. The highest BCUT2D eigenvalue weighted by Crippen LogP contribution is 2.23. The Balaban J connectivity index is 2.12. The summed E-state index contributed by atoms with van der Waals surface area (Å²) in [7, 11) is -2.45. The van der Waals surface area contributed by atoms with E-state index in [9.17, 15) is 13.2 Å². The summed E-state index contributed by atoms with van der Waals surface area (Å²) in [6, 6.07) is 13.4. The molecule has 0 saturated heterocycles. The molecule has 0 atom stereocenters. The third kappa shape index (κ3) is 5.31. The quantitative estimate of drug-likeness (QED) is 0.771. The molecule has 0 aliphatic carbocycles. The van der Waals surface area contributed by atoms with Crippen molar-refractivity contribution in [1.82, 2.24) is 4.72 Å². The van der Waals surface area contributed by atoms with Crippen molar-refractivity contribution in [3.05, 3.63) is 63.6 Å². The first-order chi connectivity index (χ1) is 11.8. The fraction of sp³-hybridized carbons (Fsp3) is 0.176. The third-order valence-electron chi connectivity index (χ3n) is 3.35. The Bertz CT molecular complexity index is 936. The van der Waals surface area contributed by atoms with Crippen LogP contribution in [0.3, 0.4) is 0 Å². The second kappa shape index (κ2) is 8.14. The number of halogens is 1. The largest absolute Gasteiger partial charge is 0.496 e. The van der Waals surface area contributed by atoms with Crippen LogP contribution in [0.25, 0.3) is 0 Å². The lowest BCUT2D eigenvalue weighted by Crippen LogP contribution is -2.33. The lowest BCUT2D eigenvalue weighted by Gasteiger charge is -2.10. The summed E-state index contributed by atoms with van der Waals surface area (Å²) >= 11 is 3.30. The van der Waals surface area contributed by atoms with Gasteiger partial charge in [0, 0.05) is 10.0 Å². The van der Waals surface area contributed by atoms with Crippen molar-refractivity contribution in [2.45, 2.75) is 12.2 Å². The number of sulfonamides is 1. The normalized spacial score (nSPS) is 10.8. The number of amides is 1. The Labute approximate surface area is 154 Å². The van der Waals surface area contributed by atoms with Gasteiger partial charge in [-0.15, -0.1) is 0 Å². The molecule has 130 valence electrons. The summed E-state index contributed by atoms with van der Waals surface area (Å²) in [4.78, 5) is 12.1. The van der Waals surface area contributed by atoms with Crippen molar-refractivity contribution in [2.75, 3.05) is 7.11 Å². The van der Waals surface area contributed by atoms with Gasteiger partial charge in [0.1, 0.15) is 5.75 Å². The predicted octanol–water partition coefficient (Wildman–Crippen LogP) is 2.52. The number of rotatable bonds is 6. The molecule has 8 heteroatoms. The van der Waals surface area contributed by atoms with Crippen LogP contribution in [0.15, 0.2) is 46.9 Å². The summed E-state index contributed by atoms with van der Waals surface area (Å²) < 4.78 is 32.4. The van der Waals surface area contributed by atoms with Crippen LogP contribution in [0.2, 0.25) is 0 Å². The minimum atomic E-state index is -3.92. The van der Waals surface area contributed by atoms with Crippen LogP contribution in [0.4, 0.5) is 0 Å². The summed E-state index contributed by atoms with van der Waals surface area (Å²) in [6.45, 7) is 0. The highest BCUT2D eigenvalue weighted by molar-refractivity contribution is 9.10. The first kappa shape index (κ1) is 19.0. The van der Waals surface area contributed by atoms with E-state index in [0.717, 1.165) is 4.47 Å². The van der Waals surface area contributed by atoms with E-state index in [-0.39, 0.29) is 12.0 Å². The Kier molecular flexibility index (Phi) is 6.17. The lowest BCUT2D eigenvalue weighted by molar-refractivity contribution is -0.118. The third-order valence-corrected chi connectivity index (χ3v) is 5.07. The first-order valence-corrected chi connectivity index (χ1v) is 9.63. The summed E-state index contributed by atoms with van der Waals surface area (Å²) in [5.41, 5.74) is 1.15. The topological polar surface area (TPSA) is 96.3 Å². The molecule has 0 saturated carbocycles. The van der Waals surface area contributed by atoms with Crippen LogP contribution < -0.4 is 9.46 Å². The van der Waals surface area contributed by atoms with E-state index in [1.165, 1.54) is 13.2 Å². The van der Waals surface area contributed by atoms with E-state index in [2.05, 4.69) is 15.9 Å². The van der Waals surface area contributed by atoms with Crippen molar-refractivity contribution in [2.24, 2.45) is 0 Å². The number of nitrogens with one attached hydrogen (secondary N) is 1. The Hall–Kier alpha value is -2.37. The highest BCUT2D eigenvalue weighted by Gasteiger charge is 2.19. The number of carbonyl (C=O) groups is 1. The van der Waals surface area contributed by atoms with Crippen LogP contribution in [0.5, 0.6) is 5.75 Å². The van der Waals surface area contributed by atoms with Gasteiger partial charge in [0.2, 0.25) is 15.9 Å². The summed E-state index contributed by atoms with van der Waals surface area (Å²) in [5, 5.41) is 9.03. The smallest absolute Gasteiger partial charge is 0.239 e. The van der Waals surface area contributed by atoms with Crippen LogP contribution in [0, 0.1) is 11.3 Å². The molecule has 0 bridgehead atoms. The van der Waals surface area contributed by atoms with Gasteiger partial charge in [0.25, 0.3) is 0 Å². The zero-order chi connectivity index (χ0) is 18.4. The van der Waals surface area contributed by atoms with Crippen molar-refractivity contribution < 1.29 is 17.9 Å². The minimum Gasteiger partial charge on any atom is -0.496 e. The minimum absolute atomic E-state index is 0.151. The molecule has 0 aliphatic heterocycles. The molecular formula is C17H15BrN2O4S. The highest BCUT2D eigenvalue weighted by atomic mass is 79.9. The average Bonchev–Trinajstić information content (AvgIpc) is 2.54. The van der Waals surface area contributed by atoms with Crippen molar-refractivity contribution >= 4 is 31.9 Å². The Morgan fingerprint density at radius 3 is 2.64 bits per heavy atom. The lowest BCUT2D eigenvalue weighted by atomic mass is 10.1. The van der Waals surface area contributed by atoms with Gasteiger partial charge in [0.15, 0.2) is 0 Å². The number of carbonyl (C=O) groups excluding carboxylic acids is 1. The van der Waals surface area contributed by atoms with Crippen LogP contribution in [-0.4, -0.2) is 21.4 Å². The standard InChI is InChI=1S/C17H15BrN2O4S/c1-24-16-7-6-15(18)8-14(16)9-17(21)20-25(22,23)11-13-5-3-2-4-12(13)10-19/h2-8H,9,11H2,1H3,(H,20,21). The maximum Gasteiger partial charge on any atom is 0.239 e. The molecule has 1 amide bonds. The molecule has 2 aromatic carbocycles. The number of hydrogen-bond donors (Lipinski definition) is 1. The van der Waals surface area contributed by atoms with E-state index in [1.807, 2.05) is 10.8 Å². The molecule has 0 aliphatic rings. The van der Waals surface area contributed by atoms with E-state index in [0.29, 0.717) is 16.9 Å². The Morgan fingerprint density at radius 1 is 1.24 bits per heavy atom. The van der Waals surface area contributed by atoms with Gasteiger partial charge >= 0.3 is 0 Å². The summed E-state index contributed by atoms with van der Waals surface area (Å²) in [6.07, 6.45) is -0.151. The van der Waals surface area contributed by atoms with Gasteiger partial charge in [-0.25, -0.2) is 8.42 Å². The van der Waals surface area contributed by atoms with Gasteiger partial charge < -0.3 is 4.74 Å². The number of nitrogens with zero attached hydrogens (tertiary/aromatic N) is 1. The number of methoxy groups -OCH3 is 1. The van der Waals surface area contributed by atoms with E-state index >= 15 is 0 Å². The molecule has 0 heterocycles. The van der Waals surface area contributed by atoms with Gasteiger partial charge in [0.05, 0.1) is 30.9 Å². The fourth-order valence-corrected chi connectivity index (χ4v) is 3.82. The van der Waals surface area contributed by atoms with Crippen LogP contribution in [-0.2, 0) is 27.0 Å². The van der Waals surface area contributed by atoms with Crippen molar-refractivity contribution in [3.63, 3.8) is 0 Å². The van der Waals surface area contributed by atoms with E-state index < -0.39 is 21.7 Å². The van der Waals surface area contributed by atoms with Crippen LogP contribution >= 0.6 is 15.9 Å². The average molecular weight is 423 g/mol. The molecule has 25 heavy (non-hydrogen) atoms. The van der Waals surface area contributed by atoms with Crippen molar-refractivity contribution in [3.8, 4) is 11.8 Å². The van der Waals surface area contributed by atoms with E-state index in [1.54, 1.807) is 36.4 Å². The maximum atomic E-state index is 12.2. The molecule has 2 rings (SSSR count). The maximum absolute atomic E-state index is 12.2. The summed E-state index contributed by atoms with van der Waals surface area (Å²) in [5.74, 6) is -0.630. The molecular weight excluding hydrogens is 408 g/mol. The molecule has 2 aromatic rings. The number of nitriles is 1. The second-order valence-corrected chi connectivity index (χ2v) is 7.82. The molecule has 0 radical (unpaired) electrons. The zero-order valence-corrected chi connectivity index (χ0v) is 15.7. The number of hydrogen-bond acceptors (Lipinski definition) is 5. The Morgan fingerprint density at radius 2 is 1.96 bits per heavy atom. The van der Waals surface area contributed by atoms with Gasteiger partial charge in [-0.1, -0.05) is 34.1 Å². The molecule has 1 N–H and O–H groups in total. The zero-order valence-electron chi connectivity index (χ0n) is 13.3. The van der Waals surface area contributed by atoms with Gasteiger partial charge in [-0.05, 0) is 29.8 Å². The molecule has 0 unspecified atom stereocenters.